The first-order valence-electron chi connectivity index (χ1n) is 6.79. The molecular weight excluding hydrogens is 266 g/mol. The van der Waals surface area contributed by atoms with Crippen molar-refractivity contribution in [1.29, 1.82) is 0 Å². The molecule has 0 aliphatic carbocycles. The maximum absolute atomic E-state index is 11.3. The largest absolute Gasteiger partial charge is 0.494 e. The van der Waals surface area contributed by atoms with E-state index in [0.717, 1.165) is 17.0 Å². The van der Waals surface area contributed by atoms with Gasteiger partial charge in [-0.2, -0.15) is 0 Å². The van der Waals surface area contributed by atoms with E-state index in [0.29, 0.717) is 23.8 Å². The highest BCUT2D eigenvalue weighted by atomic mass is 16.5. The topological polar surface area (TPSA) is 56.0 Å². The first-order valence-corrected chi connectivity index (χ1v) is 6.79. The molecule has 0 aliphatic heterocycles. The number of pyridine rings is 1. The number of imidazole rings is 1. The molecule has 3 aromatic rings. The predicted molar refractivity (Wildman–Crippen MR) is 82.0 cm³/mol. The molecule has 2 aromatic heterocycles. The molecule has 21 heavy (non-hydrogen) atoms. The zero-order valence-corrected chi connectivity index (χ0v) is 11.9. The summed E-state index contributed by atoms with van der Waals surface area (Å²) in [5.74, 6) is 1.12. The van der Waals surface area contributed by atoms with Crippen molar-refractivity contribution in [2.75, 3.05) is 6.61 Å². The third-order valence-electron chi connectivity index (χ3n) is 3.34. The minimum atomic E-state index is 0.326. The third kappa shape index (κ3) is 2.27. The highest BCUT2D eigenvalue weighted by Gasteiger charge is 2.15. The monoisotopic (exact) mass is 281 g/mol. The molecule has 0 amide bonds. The Labute approximate surface area is 122 Å². The van der Waals surface area contributed by atoms with Crippen molar-refractivity contribution in [3.8, 4) is 17.0 Å². The molecule has 2 heterocycles. The average molecular weight is 281 g/mol. The smallest absolute Gasteiger partial charge is 0.209 e. The van der Waals surface area contributed by atoms with Gasteiger partial charge in [0, 0.05) is 11.3 Å². The van der Waals surface area contributed by atoms with E-state index in [1.807, 2.05) is 56.3 Å². The molecule has 0 saturated heterocycles. The fourth-order valence-electron chi connectivity index (χ4n) is 2.39. The molecule has 0 spiro atoms. The van der Waals surface area contributed by atoms with Crippen LogP contribution >= 0.6 is 0 Å². The molecule has 0 radical (unpaired) electrons. The summed E-state index contributed by atoms with van der Waals surface area (Å²) in [5, 5.41) is 3.17. The quantitative estimate of drug-likeness (QED) is 0.676. The molecule has 1 aromatic carbocycles. The maximum Gasteiger partial charge on any atom is 0.209 e. The van der Waals surface area contributed by atoms with Gasteiger partial charge < -0.3 is 4.74 Å². The Morgan fingerprint density at radius 2 is 1.95 bits per heavy atom. The fraction of sp³-hybridized carbons (Fsp3) is 0.188. The van der Waals surface area contributed by atoms with Gasteiger partial charge in [0.25, 0.3) is 0 Å². The lowest BCUT2D eigenvalue weighted by Crippen LogP contribution is -1.90. The van der Waals surface area contributed by atoms with Crippen LogP contribution in [-0.2, 0) is 0 Å². The van der Waals surface area contributed by atoms with Crippen LogP contribution in [0.3, 0.4) is 0 Å². The molecule has 0 N–H and O–H groups in total. The van der Waals surface area contributed by atoms with Crippen LogP contribution in [-0.4, -0.2) is 16.0 Å². The molecule has 3 rings (SSSR count). The first kappa shape index (κ1) is 13.3. The van der Waals surface area contributed by atoms with E-state index in [-0.39, 0.29) is 0 Å². The Morgan fingerprint density at radius 3 is 2.62 bits per heavy atom. The summed E-state index contributed by atoms with van der Waals surface area (Å²) in [4.78, 5) is 15.8. The molecule has 0 saturated carbocycles. The van der Waals surface area contributed by atoms with Crippen LogP contribution in [0.5, 0.6) is 5.75 Å². The number of rotatable bonds is 4. The van der Waals surface area contributed by atoms with E-state index in [4.69, 9.17) is 4.74 Å². The Morgan fingerprint density at radius 1 is 1.19 bits per heavy atom. The second-order valence-electron chi connectivity index (χ2n) is 4.69. The van der Waals surface area contributed by atoms with Crippen LogP contribution in [0, 0.1) is 11.8 Å². The van der Waals surface area contributed by atoms with Crippen molar-refractivity contribution in [2.24, 2.45) is 5.18 Å². The van der Waals surface area contributed by atoms with Crippen LogP contribution in [0.1, 0.15) is 12.6 Å². The molecule has 0 aliphatic rings. The predicted octanol–water partition coefficient (Wildman–Crippen LogP) is 4.11. The van der Waals surface area contributed by atoms with E-state index in [9.17, 15) is 4.91 Å². The Balaban J connectivity index is 2.15. The molecule has 5 heteroatoms. The molecule has 0 unspecified atom stereocenters. The second-order valence-corrected chi connectivity index (χ2v) is 4.69. The summed E-state index contributed by atoms with van der Waals surface area (Å²) < 4.78 is 7.18. The number of hydrogen-bond acceptors (Lipinski definition) is 4. The zero-order valence-electron chi connectivity index (χ0n) is 11.9. The Kier molecular flexibility index (Phi) is 3.39. The molecule has 0 atom stereocenters. The first-order chi connectivity index (χ1) is 10.2. The van der Waals surface area contributed by atoms with Gasteiger partial charge in [0.2, 0.25) is 5.82 Å². The van der Waals surface area contributed by atoms with Crippen molar-refractivity contribution in [2.45, 2.75) is 13.8 Å². The number of benzene rings is 1. The van der Waals surface area contributed by atoms with Gasteiger partial charge >= 0.3 is 0 Å². The molecular formula is C16H15N3O2. The molecule has 0 fully saturated rings. The minimum absolute atomic E-state index is 0.326. The van der Waals surface area contributed by atoms with E-state index < -0.39 is 0 Å². The summed E-state index contributed by atoms with van der Waals surface area (Å²) in [6, 6.07) is 13.2. The van der Waals surface area contributed by atoms with Crippen molar-refractivity contribution >= 4 is 11.5 Å². The highest BCUT2D eigenvalue weighted by Crippen LogP contribution is 2.32. The third-order valence-corrected chi connectivity index (χ3v) is 3.34. The van der Waals surface area contributed by atoms with Gasteiger partial charge in [0.15, 0.2) is 0 Å². The van der Waals surface area contributed by atoms with Crippen molar-refractivity contribution < 1.29 is 4.74 Å². The van der Waals surface area contributed by atoms with Gasteiger partial charge in [-0.25, -0.2) is 4.98 Å². The number of aromatic nitrogens is 2. The van der Waals surface area contributed by atoms with Gasteiger partial charge in [-0.05, 0) is 55.4 Å². The Hall–Kier alpha value is -2.69. The molecule has 0 bridgehead atoms. The summed E-state index contributed by atoms with van der Waals surface area (Å²) in [6.07, 6.45) is 0. The van der Waals surface area contributed by atoms with Gasteiger partial charge in [-0.1, -0.05) is 6.07 Å². The SMILES string of the molecule is CCOc1ccc(-c2nc3cccc(C)n3c2N=O)cc1. The maximum atomic E-state index is 11.3. The van der Waals surface area contributed by atoms with Crippen molar-refractivity contribution in [3.63, 3.8) is 0 Å². The lowest BCUT2D eigenvalue weighted by molar-refractivity contribution is 0.340. The number of ether oxygens (including phenoxy) is 1. The Bertz CT molecular complexity index is 791. The molecule has 106 valence electrons. The average Bonchev–Trinajstić information content (AvgIpc) is 2.88. The van der Waals surface area contributed by atoms with Gasteiger partial charge in [0.1, 0.15) is 17.1 Å². The summed E-state index contributed by atoms with van der Waals surface area (Å²) in [5.41, 5.74) is 3.07. The highest BCUT2D eigenvalue weighted by molar-refractivity contribution is 5.75. The number of fused-ring (bicyclic) bond motifs is 1. The summed E-state index contributed by atoms with van der Waals surface area (Å²) >= 11 is 0. The van der Waals surface area contributed by atoms with E-state index in [1.165, 1.54) is 0 Å². The summed E-state index contributed by atoms with van der Waals surface area (Å²) in [7, 11) is 0. The van der Waals surface area contributed by atoms with Crippen LogP contribution < -0.4 is 4.74 Å². The lowest BCUT2D eigenvalue weighted by Gasteiger charge is -2.03. The summed E-state index contributed by atoms with van der Waals surface area (Å²) in [6.45, 7) is 4.48. The standard InChI is InChI=1S/C16H15N3O2/c1-3-21-13-9-7-12(8-10-13)15-16(18-20)19-11(2)5-4-6-14(19)17-15/h4-10H,3H2,1-2H3. The number of nitroso groups, excluding NO2 is 1. The fourth-order valence-corrected chi connectivity index (χ4v) is 2.39. The number of hydrogen-bond donors (Lipinski definition) is 0. The van der Waals surface area contributed by atoms with E-state index in [2.05, 4.69) is 10.2 Å². The van der Waals surface area contributed by atoms with E-state index in [1.54, 1.807) is 4.40 Å². The van der Waals surface area contributed by atoms with Gasteiger partial charge in [-0.3, -0.25) is 4.40 Å². The molecule has 5 nitrogen and oxygen atoms in total. The van der Waals surface area contributed by atoms with Crippen LogP contribution in [0.25, 0.3) is 16.9 Å². The lowest BCUT2D eigenvalue weighted by atomic mass is 10.1. The van der Waals surface area contributed by atoms with E-state index >= 15 is 0 Å². The van der Waals surface area contributed by atoms with Crippen molar-refractivity contribution in [3.05, 3.63) is 53.1 Å². The number of nitrogens with zero attached hydrogens (tertiary/aromatic N) is 3. The number of aryl methyl sites for hydroxylation is 1. The zero-order chi connectivity index (χ0) is 14.8. The van der Waals surface area contributed by atoms with Crippen LogP contribution in [0.15, 0.2) is 47.6 Å². The van der Waals surface area contributed by atoms with Gasteiger partial charge in [0.05, 0.1) is 6.61 Å². The minimum Gasteiger partial charge on any atom is -0.494 e. The van der Waals surface area contributed by atoms with Crippen LogP contribution in [0.2, 0.25) is 0 Å². The van der Waals surface area contributed by atoms with Crippen LogP contribution in [0.4, 0.5) is 5.82 Å². The normalized spacial score (nSPS) is 10.8. The van der Waals surface area contributed by atoms with Crippen molar-refractivity contribution in [1.82, 2.24) is 9.38 Å². The second kappa shape index (κ2) is 5.36. The van der Waals surface area contributed by atoms with Gasteiger partial charge in [-0.15, -0.1) is 4.91 Å².